The molecule has 0 aliphatic carbocycles. The van der Waals surface area contributed by atoms with Gasteiger partial charge in [-0.25, -0.2) is 0 Å². The number of carbonyl (C=O) groups is 1. The van der Waals surface area contributed by atoms with E-state index in [1.807, 2.05) is 19.1 Å². The molecule has 0 bridgehead atoms. The van der Waals surface area contributed by atoms with Crippen molar-refractivity contribution >= 4 is 5.97 Å². The molecule has 3 nitrogen and oxygen atoms in total. The predicted molar refractivity (Wildman–Crippen MR) is 99.5 cm³/mol. The van der Waals surface area contributed by atoms with Gasteiger partial charge in [0, 0.05) is 6.42 Å². The third kappa shape index (κ3) is 10.3. The molecule has 0 aliphatic rings. The largest absolute Gasteiger partial charge is 0.490 e. The number of aryl methyl sites for hydroxylation is 1. The SMILES string of the molecule is CCCCCCCCCc1ccc(OCCOC(=O)CCC)cc1. The highest BCUT2D eigenvalue weighted by Gasteiger charge is 2.01. The fourth-order valence-corrected chi connectivity index (χ4v) is 2.63. The van der Waals surface area contributed by atoms with Crippen molar-refractivity contribution in [1.29, 1.82) is 0 Å². The molecule has 0 radical (unpaired) electrons. The summed E-state index contributed by atoms with van der Waals surface area (Å²) >= 11 is 0. The quantitative estimate of drug-likeness (QED) is 0.323. The number of ether oxygens (including phenoxy) is 2. The summed E-state index contributed by atoms with van der Waals surface area (Å²) in [7, 11) is 0. The number of rotatable bonds is 14. The van der Waals surface area contributed by atoms with Crippen LogP contribution in [0.1, 0.15) is 77.2 Å². The molecule has 0 unspecified atom stereocenters. The molecule has 0 heterocycles. The van der Waals surface area contributed by atoms with Gasteiger partial charge in [0.15, 0.2) is 0 Å². The van der Waals surface area contributed by atoms with Crippen LogP contribution in [0.4, 0.5) is 0 Å². The monoisotopic (exact) mass is 334 g/mol. The summed E-state index contributed by atoms with van der Waals surface area (Å²) in [5, 5.41) is 0. The van der Waals surface area contributed by atoms with Crippen molar-refractivity contribution in [2.45, 2.75) is 78.1 Å². The van der Waals surface area contributed by atoms with E-state index in [0.717, 1.165) is 18.6 Å². The first-order chi connectivity index (χ1) is 11.8. The molecular weight excluding hydrogens is 300 g/mol. The van der Waals surface area contributed by atoms with E-state index in [1.165, 1.54) is 50.5 Å². The molecule has 1 aromatic carbocycles. The van der Waals surface area contributed by atoms with Crippen LogP contribution in [-0.2, 0) is 16.0 Å². The second kappa shape index (κ2) is 13.9. The highest BCUT2D eigenvalue weighted by molar-refractivity contribution is 5.69. The van der Waals surface area contributed by atoms with Crippen LogP contribution in [0.2, 0.25) is 0 Å². The van der Waals surface area contributed by atoms with Crippen LogP contribution in [0.25, 0.3) is 0 Å². The molecule has 0 spiro atoms. The van der Waals surface area contributed by atoms with Crippen LogP contribution in [0, 0.1) is 0 Å². The first-order valence-corrected chi connectivity index (χ1v) is 9.63. The zero-order valence-electron chi connectivity index (χ0n) is 15.5. The summed E-state index contributed by atoms with van der Waals surface area (Å²) in [5.74, 6) is 0.691. The molecule has 1 rings (SSSR count). The molecule has 3 heteroatoms. The van der Waals surface area contributed by atoms with Crippen LogP contribution in [0.15, 0.2) is 24.3 Å². The zero-order chi connectivity index (χ0) is 17.5. The van der Waals surface area contributed by atoms with Gasteiger partial charge in [-0.2, -0.15) is 0 Å². The lowest BCUT2D eigenvalue weighted by Gasteiger charge is -2.08. The third-order valence-electron chi connectivity index (χ3n) is 4.06. The van der Waals surface area contributed by atoms with E-state index in [0.29, 0.717) is 19.6 Å². The second-order valence-corrected chi connectivity index (χ2v) is 6.33. The Bertz CT molecular complexity index is 425. The van der Waals surface area contributed by atoms with Crippen molar-refractivity contribution in [2.75, 3.05) is 13.2 Å². The molecule has 1 aromatic rings. The first-order valence-electron chi connectivity index (χ1n) is 9.63. The Labute approximate surface area is 147 Å². The Hall–Kier alpha value is -1.51. The minimum Gasteiger partial charge on any atom is -0.490 e. The van der Waals surface area contributed by atoms with Gasteiger partial charge in [0.2, 0.25) is 0 Å². The van der Waals surface area contributed by atoms with Gasteiger partial charge in [-0.05, 0) is 37.0 Å². The maximum atomic E-state index is 11.2. The Kier molecular flexibility index (Phi) is 11.9. The summed E-state index contributed by atoms with van der Waals surface area (Å²) in [4.78, 5) is 11.2. The molecule has 136 valence electrons. The number of unbranched alkanes of at least 4 members (excludes halogenated alkanes) is 6. The Morgan fingerprint density at radius 3 is 2.17 bits per heavy atom. The van der Waals surface area contributed by atoms with Gasteiger partial charge in [0.1, 0.15) is 19.0 Å². The maximum Gasteiger partial charge on any atom is 0.305 e. The standard InChI is InChI=1S/C21H34O3/c1-3-5-6-7-8-9-10-12-19-13-15-20(16-14-19)23-17-18-24-21(22)11-4-2/h13-16H,3-12,17-18H2,1-2H3. The molecule has 0 atom stereocenters. The van der Waals surface area contributed by atoms with E-state index in [9.17, 15) is 4.79 Å². The minimum absolute atomic E-state index is 0.147. The van der Waals surface area contributed by atoms with Gasteiger partial charge >= 0.3 is 5.97 Å². The fourth-order valence-electron chi connectivity index (χ4n) is 2.63. The number of carbonyl (C=O) groups excluding carboxylic acids is 1. The number of esters is 1. The molecule has 0 saturated carbocycles. The van der Waals surface area contributed by atoms with Gasteiger partial charge in [-0.3, -0.25) is 4.79 Å². The van der Waals surface area contributed by atoms with Crippen LogP contribution in [-0.4, -0.2) is 19.2 Å². The third-order valence-corrected chi connectivity index (χ3v) is 4.06. The van der Waals surface area contributed by atoms with Crippen molar-refractivity contribution in [3.05, 3.63) is 29.8 Å². The molecule has 0 fully saturated rings. The average Bonchev–Trinajstić information content (AvgIpc) is 2.59. The highest BCUT2D eigenvalue weighted by Crippen LogP contribution is 2.15. The first kappa shape index (κ1) is 20.5. The normalized spacial score (nSPS) is 10.6. The second-order valence-electron chi connectivity index (χ2n) is 6.33. The van der Waals surface area contributed by atoms with Gasteiger partial charge < -0.3 is 9.47 Å². The maximum absolute atomic E-state index is 11.2. The Balaban J connectivity index is 2.09. The molecule has 0 aromatic heterocycles. The lowest BCUT2D eigenvalue weighted by molar-refractivity contribution is -0.144. The summed E-state index contributed by atoms with van der Waals surface area (Å²) < 4.78 is 10.7. The fraction of sp³-hybridized carbons (Fsp3) is 0.667. The van der Waals surface area contributed by atoms with Crippen molar-refractivity contribution in [3.63, 3.8) is 0 Å². The smallest absolute Gasteiger partial charge is 0.305 e. The van der Waals surface area contributed by atoms with Gasteiger partial charge in [0.25, 0.3) is 0 Å². The number of benzene rings is 1. The van der Waals surface area contributed by atoms with Crippen LogP contribution < -0.4 is 4.74 Å². The van der Waals surface area contributed by atoms with E-state index in [-0.39, 0.29) is 5.97 Å². The molecule has 24 heavy (non-hydrogen) atoms. The average molecular weight is 335 g/mol. The van der Waals surface area contributed by atoms with Gasteiger partial charge in [-0.15, -0.1) is 0 Å². The zero-order valence-corrected chi connectivity index (χ0v) is 15.5. The lowest BCUT2D eigenvalue weighted by atomic mass is 10.0. The van der Waals surface area contributed by atoms with E-state index < -0.39 is 0 Å². The van der Waals surface area contributed by atoms with E-state index in [2.05, 4.69) is 19.1 Å². The van der Waals surface area contributed by atoms with E-state index in [1.54, 1.807) is 0 Å². The Morgan fingerprint density at radius 2 is 1.50 bits per heavy atom. The molecular formula is C21H34O3. The summed E-state index contributed by atoms with van der Waals surface area (Å²) in [5.41, 5.74) is 1.37. The van der Waals surface area contributed by atoms with Crippen molar-refractivity contribution < 1.29 is 14.3 Å². The number of hydrogen-bond acceptors (Lipinski definition) is 3. The van der Waals surface area contributed by atoms with Gasteiger partial charge in [-0.1, -0.05) is 64.5 Å². The molecule has 0 aliphatic heterocycles. The van der Waals surface area contributed by atoms with Crippen molar-refractivity contribution in [1.82, 2.24) is 0 Å². The predicted octanol–water partition coefficient (Wildman–Crippen LogP) is 5.70. The summed E-state index contributed by atoms with van der Waals surface area (Å²) in [6, 6.07) is 8.28. The molecule has 0 saturated heterocycles. The van der Waals surface area contributed by atoms with Crippen molar-refractivity contribution in [3.8, 4) is 5.75 Å². The van der Waals surface area contributed by atoms with E-state index in [4.69, 9.17) is 9.47 Å². The summed E-state index contributed by atoms with van der Waals surface area (Å²) in [6.45, 7) is 4.95. The van der Waals surface area contributed by atoms with E-state index >= 15 is 0 Å². The molecule has 0 N–H and O–H groups in total. The van der Waals surface area contributed by atoms with Crippen LogP contribution >= 0.6 is 0 Å². The topological polar surface area (TPSA) is 35.5 Å². The Morgan fingerprint density at radius 1 is 0.833 bits per heavy atom. The summed E-state index contributed by atoms with van der Waals surface area (Å²) in [6.07, 6.45) is 11.8. The van der Waals surface area contributed by atoms with Crippen molar-refractivity contribution in [2.24, 2.45) is 0 Å². The van der Waals surface area contributed by atoms with Gasteiger partial charge in [0.05, 0.1) is 0 Å². The minimum atomic E-state index is -0.147. The number of hydrogen-bond donors (Lipinski definition) is 0. The molecule has 0 amide bonds. The van der Waals surface area contributed by atoms with Crippen LogP contribution in [0.3, 0.4) is 0 Å². The highest BCUT2D eigenvalue weighted by atomic mass is 16.6. The lowest BCUT2D eigenvalue weighted by Crippen LogP contribution is -2.11. The van der Waals surface area contributed by atoms with Crippen LogP contribution in [0.5, 0.6) is 5.75 Å².